The Morgan fingerprint density at radius 3 is 2.62 bits per heavy atom. The van der Waals surface area contributed by atoms with Crippen molar-refractivity contribution < 1.29 is 18.7 Å². The lowest BCUT2D eigenvalue weighted by molar-refractivity contribution is -0.118. The van der Waals surface area contributed by atoms with Crippen molar-refractivity contribution in [2.75, 3.05) is 5.32 Å². The summed E-state index contributed by atoms with van der Waals surface area (Å²) in [4.78, 5) is 41.5. The number of aromatic nitrogens is 2. The Hall–Kier alpha value is -4.40. The quantitative estimate of drug-likeness (QED) is 0.409. The molecule has 0 aliphatic rings. The molecule has 2 aromatic heterocycles. The maximum absolute atomic E-state index is 12.8. The van der Waals surface area contributed by atoms with Crippen LogP contribution in [-0.4, -0.2) is 21.4 Å². The van der Waals surface area contributed by atoms with E-state index in [1.807, 2.05) is 6.07 Å². The summed E-state index contributed by atoms with van der Waals surface area (Å²) < 4.78 is 11.9. The first kappa shape index (κ1) is 20.9. The number of nitrogens with zero attached hydrogens (tertiary/aromatic N) is 2. The number of amides is 1. The zero-order valence-corrected chi connectivity index (χ0v) is 17.0. The van der Waals surface area contributed by atoms with Gasteiger partial charge in [-0.25, -0.2) is 9.78 Å². The number of hydrogen-bond acceptors (Lipinski definition) is 7. The zero-order valence-electron chi connectivity index (χ0n) is 17.0. The average molecular weight is 432 g/mol. The number of ether oxygens (including phenoxy) is 1. The van der Waals surface area contributed by atoms with E-state index in [1.54, 1.807) is 60.9 Å². The molecule has 0 aliphatic carbocycles. The summed E-state index contributed by atoms with van der Waals surface area (Å²) in [5.41, 5.74) is 6.18. The first-order valence-electron chi connectivity index (χ1n) is 9.82. The molecule has 9 nitrogen and oxygen atoms in total. The van der Waals surface area contributed by atoms with E-state index in [4.69, 9.17) is 14.9 Å². The molecule has 1 amide bonds. The van der Waals surface area contributed by atoms with Crippen LogP contribution >= 0.6 is 0 Å². The van der Waals surface area contributed by atoms with Gasteiger partial charge < -0.3 is 20.2 Å². The summed E-state index contributed by atoms with van der Waals surface area (Å²) in [7, 11) is 0. The van der Waals surface area contributed by atoms with Crippen LogP contribution < -0.4 is 16.6 Å². The summed E-state index contributed by atoms with van der Waals surface area (Å²) in [5, 5.41) is 3.48. The number of benzene rings is 2. The number of furan rings is 1. The van der Waals surface area contributed by atoms with Gasteiger partial charge in [0, 0.05) is 5.69 Å². The van der Waals surface area contributed by atoms with Gasteiger partial charge in [-0.3, -0.25) is 14.2 Å². The molecule has 9 heteroatoms. The van der Waals surface area contributed by atoms with Crippen LogP contribution in [0.25, 0.3) is 10.9 Å². The van der Waals surface area contributed by atoms with Gasteiger partial charge >= 0.3 is 5.97 Å². The monoisotopic (exact) mass is 432 g/mol. The zero-order chi connectivity index (χ0) is 22.5. The van der Waals surface area contributed by atoms with Crippen LogP contribution in [0.1, 0.15) is 21.9 Å². The third kappa shape index (κ3) is 4.51. The van der Waals surface area contributed by atoms with Gasteiger partial charge in [-0.05, 0) is 36.4 Å². The fourth-order valence-electron chi connectivity index (χ4n) is 3.26. The van der Waals surface area contributed by atoms with E-state index in [-0.39, 0.29) is 19.0 Å². The summed E-state index contributed by atoms with van der Waals surface area (Å²) in [5.74, 6) is -0.476. The molecule has 32 heavy (non-hydrogen) atoms. The van der Waals surface area contributed by atoms with Crippen molar-refractivity contribution in [3.63, 3.8) is 0 Å². The molecule has 2 aromatic carbocycles. The van der Waals surface area contributed by atoms with Crippen LogP contribution in [0.5, 0.6) is 0 Å². The molecule has 0 saturated carbocycles. The van der Waals surface area contributed by atoms with Gasteiger partial charge in [0.1, 0.15) is 18.9 Å². The minimum absolute atomic E-state index is 0.127. The molecule has 4 aromatic rings. The molecule has 0 atom stereocenters. The van der Waals surface area contributed by atoms with Crippen molar-refractivity contribution in [2.45, 2.75) is 19.7 Å². The Bertz CT molecular complexity index is 1330. The van der Waals surface area contributed by atoms with Gasteiger partial charge in [-0.15, -0.1) is 0 Å². The smallest absolute Gasteiger partial charge is 0.340 e. The minimum atomic E-state index is -0.704. The number of esters is 1. The highest BCUT2D eigenvalue weighted by Gasteiger charge is 2.17. The number of carbonyl (C=O) groups is 2. The van der Waals surface area contributed by atoms with E-state index in [0.29, 0.717) is 34.5 Å². The lowest BCUT2D eigenvalue weighted by Crippen LogP contribution is -2.32. The predicted molar refractivity (Wildman–Crippen MR) is 117 cm³/mol. The fourth-order valence-corrected chi connectivity index (χ4v) is 3.26. The Labute approximate surface area is 182 Å². The average Bonchev–Trinajstić information content (AvgIpc) is 3.32. The molecule has 0 aliphatic heterocycles. The van der Waals surface area contributed by atoms with Crippen molar-refractivity contribution in [2.24, 2.45) is 5.73 Å². The molecule has 162 valence electrons. The highest BCUT2D eigenvalue weighted by molar-refractivity contribution is 5.95. The van der Waals surface area contributed by atoms with Gasteiger partial charge in [0.15, 0.2) is 5.82 Å². The first-order chi connectivity index (χ1) is 15.5. The molecule has 0 fully saturated rings. The van der Waals surface area contributed by atoms with Crippen molar-refractivity contribution in [3.05, 3.63) is 94.4 Å². The number of hydrogen-bond donors (Lipinski definition) is 2. The summed E-state index contributed by atoms with van der Waals surface area (Å²) in [6.07, 6.45) is 1.57. The number of para-hydroxylation sites is 2. The van der Waals surface area contributed by atoms with Gasteiger partial charge in [0.25, 0.3) is 5.56 Å². The molecular formula is C23H20N4O5. The molecule has 0 bridgehead atoms. The normalized spacial score (nSPS) is 10.8. The second-order valence-electron chi connectivity index (χ2n) is 6.96. The topological polar surface area (TPSA) is 129 Å². The van der Waals surface area contributed by atoms with E-state index < -0.39 is 17.4 Å². The van der Waals surface area contributed by atoms with E-state index in [1.165, 1.54) is 0 Å². The van der Waals surface area contributed by atoms with Crippen LogP contribution in [0.4, 0.5) is 5.69 Å². The Morgan fingerprint density at radius 1 is 1.06 bits per heavy atom. The number of primary amides is 1. The summed E-state index contributed by atoms with van der Waals surface area (Å²) >= 11 is 0. The predicted octanol–water partition coefficient (Wildman–Crippen LogP) is 2.44. The van der Waals surface area contributed by atoms with Crippen molar-refractivity contribution in [1.82, 2.24) is 9.55 Å². The van der Waals surface area contributed by atoms with Gasteiger partial charge in [0.2, 0.25) is 5.91 Å². The highest BCUT2D eigenvalue weighted by atomic mass is 16.5. The van der Waals surface area contributed by atoms with Crippen molar-refractivity contribution in [3.8, 4) is 0 Å². The second kappa shape index (κ2) is 9.17. The van der Waals surface area contributed by atoms with E-state index in [0.717, 1.165) is 4.57 Å². The van der Waals surface area contributed by atoms with E-state index in [9.17, 15) is 14.4 Å². The number of rotatable bonds is 8. The Morgan fingerprint density at radius 2 is 1.84 bits per heavy atom. The van der Waals surface area contributed by atoms with Crippen LogP contribution in [0, 0.1) is 0 Å². The molecule has 3 N–H and O–H groups in total. The van der Waals surface area contributed by atoms with Crippen molar-refractivity contribution >= 4 is 28.5 Å². The largest absolute Gasteiger partial charge is 0.467 e. The van der Waals surface area contributed by atoms with Crippen LogP contribution in [-0.2, 0) is 29.2 Å². The first-order valence-corrected chi connectivity index (χ1v) is 9.82. The Kier molecular flexibility index (Phi) is 5.98. The maximum Gasteiger partial charge on any atom is 0.340 e. The standard InChI is InChI=1S/C23H20N4O5/c24-20(28)13-27-21(26-19-10-4-1-7-16(19)22(27)29)14-32-23(30)17-8-2-3-9-18(17)25-12-15-6-5-11-31-15/h1-11,25H,12-14H2,(H2,24,28). The van der Waals surface area contributed by atoms with Crippen molar-refractivity contribution in [1.29, 1.82) is 0 Å². The van der Waals surface area contributed by atoms with Gasteiger partial charge in [0.05, 0.1) is 29.3 Å². The lowest BCUT2D eigenvalue weighted by Gasteiger charge is -2.14. The molecule has 4 rings (SSSR count). The van der Waals surface area contributed by atoms with Crippen LogP contribution in [0.3, 0.4) is 0 Å². The molecule has 2 heterocycles. The number of nitrogens with two attached hydrogens (primary N) is 1. The second-order valence-corrected chi connectivity index (χ2v) is 6.96. The summed E-state index contributed by atoms with van der Waals surface area (Å²) in [6.45, 7) is -0.286. The van der Waals surface area contributed by atoms with Crippen LogP contribution in [0.2, 0.25) is 0 Å². The van der Waals surface area contributed by atoms with Crippen LogP contribution in [0.15, 0.2) is 76.1 Å². The molecule has 0 saturated heterocycles. The van der Waals surface area contributed by atoms with E-state index in [2.05, 4.69) is 10.3 Å². The molecule has 0 radical (unpaired) electrons. The maximum atomic E-state index is 12.8. The number of anilines is 1. The number of fused-ring (bicyclic) bond motifs is 1. The van der Waals surface area contributed by atoms with Gasteiger partial charge in [-0.1, -0.05) is 24.3 Å². The van der Waals surface area contributed by atoms with E-state index >= 15 is 0 Å². The summed E-state index contributed by atoms with van der Waals surface area (Å²) in [6, 6.07) is 17.2. The molecular weight excluding hydrogens is 412 g/mol. The fraction of sp³-hybridized carbons (Fsp3) is 0.130. The molecule has 0 spiro atoms. The lowest BCUT2D eigenvalue weighted by atomic mass is 10.2. The Balaban J connectivity index is 1.57. The minimum Gasteiger partial charge on any atom is -0.467 e. The number of carbonyl (C=O) groups excluding carboxylic acids is 2. The SMILES string of the molecule is NC(=O)Cn1c(COC(=O)c2ccccc2NCc2ccco2)nc2ccccc2c1=O. The highest BCUT2D eigenvalue weighted by Crippen LogP contribution is 2.18. The third-order valence-corrected chi connectivity index (χ3v) is 4.77. The third-order valence-electron chi connectivity index (χ3n) is 4.77. The number of nitrogens with one attached hydrogen (secondary N) is 1. The molecule has 0 unspecified atom stereocenters. The van der Waals surface area contributed by atoms with Gasteiger partial charge in [-0.2, -0.15) is 0 Å².